The second kappa shape index (κ2) is 7.68. The molecule has 2 amide bonds. The van der Waals surface area contributed by atoms with Crippen LogP contribution in [0.5, 0.6) is 5.75 Å². The molecule has 7 heteroatoms. The van der Waals surface area contributed by atoms with Gasteiger partial charge in [0.2, 0.25) is 5.91 Å². The molecule has 0 bridgehead atoms. The summed E-state index contributed by atoms with van der Waals surface area (Å²) < 4.78 is 11.7. The molecule has 1 atom stereocenters. The number of amides is 2. The van der Waals surface area contributed by atoms with E-state index in [2.05, 4.69) is 10.6 Å². The van der Waals surface area contributed by atoms with Gasteiger partial charge in [-0.25, -0.2) is 0 Å². The summed E-state index contributed by atoms with van der Waals surface area (Å²) in [6.45, 7) is 1.84. The van der Waals surface area contributed by atoms with Gasteiger partial charge in [-0.2, -0.15) is 0 Å². The molecule has 2 N–H and O–H groups in total. The molecule has 2 heterocycles. The van der Waals surface area contributed by atoms with Gasteiger partial charge in [-0.3, -0.25) is 9.59 Å². The fourth-order valence-electron chi connectivity index (χ4n) is 4.23. The lowest BCUT2D eigenvalue weighted by molar-refractivity contribution is -0.129. The Morgan fingerprint density at radius 2 is 2.07 bits per heavy atom. The summed E-state index contributed by atoms with van der Waals surface area (Å²) in [4.78, 5) is 25.0. The molecule has 1 aromatic carbocycles. The molecule has 1 aliphatic carbocycles. The summed E-state index contributed by atoms with van der Waals surface area (Å²) in [7, 11) is 0. The second-order valence-corrected chi connectivity index (χ2v) is 8.24. The number of benzene rings is 1. The zero-order valence-corrected chi connectivity index (χ0v) is 16.0. The number of rotatable bonds is 2. The zero-order valence-electron chi connectivity index (χ0n) is 15.3. The maximum Gasteiger partial charge on any atom is 0.255 e. The van der Waals surface area contributed by atoms with Gasteiger partial charge in [0.1, 0.15) is 11.4 Å². The van der Waals surface area contributed by atoms with E-state index in [-0.39, 0.29) is 23.8 Å². The molecule has 3 aliphatic rings. The van der Waals surface area contributed by atoms with Crippen molar-refractivity contribution >= 4 is 23.4 Å². The molecule has 146 valence electrons. The van der Waals surface area contributed by atoms with Crippen LogP contribution in [0, 0.1) is 5.92 Å². The van der Waals surface area contributed by atoms with Crippen LogP contribution < -0.4 is 15.4 Å². The van der Waals surface area contributed by atoms with Crippen molar-refractivity contribution in [2.45, 2.75) is 50.2 Å². The Kier molecular flexibility index (Phi) is 5.28. The molecule has 4 rings (SSSR count). The number of hydrogen-bond donors (Lipinski definition) is 2. The van der Waals surface area contributed by atoms with Crippen LogP contribution in [0.25, 0.3) is 0 Å². The minimum absolute atomic E-state index is 0.00945. The molecule has 1 saturated carbocycles. The van der Waals surface area contributed by atoms with Crippen LogP contribution in [0.3, 0.4) is 0 Å². The highest BCUT2D eigenvalue weighted by molar-refractivity contribution is 6.31. The average Bonchev–Trinajstić information content (AvgIpc) is 2.81. The van der Waals surface area contributed by atoms with Crippen molar-refractivity contribution in [2.24, 2.45) is 5.92 Å². The summed E-state index contributed by atoms with van der Waals surface area (Å²) in [6.07, 6.45) is 4.94. The molecule has 27 heavy (non-hydrogen) atoms. The van der Waals surface area contributed by atoms with Gasteiger partial charge in [0.05, 0.1) is 24.8 Å². The maximum atomic E-state index is 12.6. The van der Waals surface area contributed by atoms with Crippen LogP contribution in [-0.4, -0.2) is 43.2 Å². The molecular formula is C20H25ClN2O4. The number of carbonyl (C=O) groups excluding carboxylic acids is 2. The number of carbonyl (C=O) groups is 2. The molecule has 2 fully saturated rings. The van der Waals surface area contributed by atoms with Gasteiger partial charge in [-0.05, 0) is 56.7 Å². The summed E-state index contributed by atoms with van der Waals surface area (Å²) >= 11 is 6.02. The number of fused-ring (bicyclic) bond motifs is 1. The van der Waals surface area contributed by atoms with E-state index in [1.807, 2.05) is 0 Å². The highest BCUT2D eigenvalue weighted by atomic mass is 35.5. The number of hydrogen-bond acceptors (Lipinski definition) is 4. The maximum absolute atomic E-state index is 12.6. The van der Waals surface area contributed by atoms with E-state index in [4.69, 9.17) is 21.1 Å². The predicted octanol–water partition coefficient (Wildman–Crippen LogP) is 2.69. The Bertz CT molecular complexity index is 725. The highest BCUT2D eigenvalue weighted by Crippen LogP contribution is 2.38. The lowest BCUT2D eigenvalue weighted by Gasteiger charge is -2.39. The largest absolute Gasteiger partial charge is 0.485 e. The van der Waals surface area contributed by atoms with Gasteiger partial charge >= 0.3 is 0 Å². The Morgan fingerprint density at radius 3 is 2.81 bits per heavy atom. The van der Waals surface area contributed by atoms with Crippen molar-refractivity contribution in [3.63, 3.8) is 0 Å². The van der Waals surface area contributed by atoms with Gasteiger partial charge in [0.15, 0.2) is 0 Å². The quantitative estimate of drug-likeness (QED) is 0.811. The standard InChI is InChI=1S/C20H25ClN2O4/c21-14-3-4-17-16(10-14)19(25)22-12-20(27-17)7-5-13(6-8-20)18(24)23-15-2-1-9-26-11-15/h3-4,10,13,15H,1-2,5-9,11-12H2,(H,22,25)(H,23,24). The van der Waals surface area contributed by atoms with Crippen molar-refractivity contribution in [3.05, 3.63) is 28.8 Å². The Balaban J connectivity index is 1.39. The highest BCUT2D eigenvalue weighted by Gasteiger charge is 2.42. The van der Waals surface area contributed by atoms with E-state index in [0.717, 1.165) is 45.1 Å². The van der Waals surface area contributed by atoms with Gasteiger partial charge in [-0.15, -0.1) is 0 Å². The van der Waals surface area contributed by atoms with E-state index in [1.165, 1.54) is 0 Å². The molecule has 0 radical (unpaired) electrons. The van der Waals surface area contributed by atoms with Crippen LogP contribution in [0.4, 0.5) is 0 Å². The molecule has 1 spiro atoms. The molecule has 6 nitrogen and oxygen atoms in total. The van der Waals surface area contributed by atoms with E-state index >= 15 is 0 Å². The van der Waals surface area contributed by atoms with E-state index in [9.17, 15) is 9.59 Å². The summed E-state index contributed by atoms with van der Waals surface area (Å²) in [5.41, 5.74) is 0.0102. The monoisotopic (exact) mass is 392 g/mol. The molecular weight excluding hydrogens is 368 g/mol. The third-order valence-corrected chi connectivity index (χ3v) is 6.09. The minimum Gasteiger partial charge on any atom is -0.485 e. The summed E-state index contributed by atoms with van der Waals surface area (Å²) in [5, 5.41) is 6.60. The van der Waals surface area contributed by atoms with Gasteiger partial charge in [0.25, 0.3) is 5.91 Å². The van der Waals surface area contributed by atoms with Crippen molar-refractivity contribution < 1.29 is 19.1 Å². The first-order valence-electron chi connectivity index (χ1n) is 9.70. The van der Waals surface area contributed by atoms with Gasteiger partial charge in [0, 0.05) is 17.5 Å². The fourth-order valence-corrected chi connectivity index (χ4v) is 4.41. The van der Waals surface area contributed by atoms with E-state index in [1.54, 1.807) is 18.2 Å². The van der Waals surface area contributed by atoms with E-state index in [0.29, 0.717) is 29.5 Å². The molecule has 1 unspecified atom stereocenters. The van der Waals surface area contributed by atoms with E-state index < -0.39 is 5.60 Å². The first kappa shape index (κ1) is 18.6. The predicted molar refractivity (Wildman–Crippen MR) is 101 cm³/mol. The average molecular weight is 393 g/mol. The lowest BCUT2D eigenvalue weighted by atomic mass is 9.78. The van der Waals surface area contributed by atoms with Crippen LogP contribution in [-0.2, 0) is 9.53 Å². The molecule has 1 saturated heterocycles. The molecule has 1 aromatic rings. The number of nitrogens with one attached hydrogen (secondary N) is 2. The van der Waals surface area contributed by atoms with Crippen LogP contribution in [0.15, 0.2) is 18.2 Å². The van der Waals surface area contributed by atoms with Crippen molar-refractivity contribution in [3.8, 4) is 5.75 Å². The Hall–Kier alpha value is -1.79. The minimum atomic E-state index is -0.459. The van der Waals surface area contributed by atoms with Gasteiger partial charge in [-0.1, -0.05) is 11.6 Å². The number of halogens is 1. The van der Waals surface area contributed by atoms with Crippen molar-refractivity contribution in [1.82, 2.24) is 10.6 Å². The SMILES string of the molecule is O=C1NCC2(CCC(C(=O)NC3CCCOC3)CC2)Oc2ccc(Cl)cc21. The fraction of sp³-hybridized carbons (Fsp3) is 0.600. The topological polar surface area (TPSA) is 76.7 Å². The summed E-state index contributed by atoms with van der Waals surface area (Å²) in [5.74, 6) is 0.508. The molecule has 2 aliphatic heterocycles. The molecule has 0 aromatic heterocycles. The Labute approximate surface area is 163 Å². The normalized spacial score (nSPS) is 30.6. The first-order valence-corrected chi connectivity index (χ1v) is 10.1. The lowest BCUT2D eigenvalue weighted by Crippen LogP contribution is -2.50. The van der Waals surface area contributed by atoms with Crippen molar-refractivity contribution in [2.75, 3.05) is 19.8 Å². The third kappa shape index (κ3) is 4.06. The smallest absolute Gasteiger partial charge is 0.255 e. The third-order valence-electron chi connectivity index (χ3n) is 5.86. The van der Waals surface area contributed by atoms with Crippen LogP contribution >= 0.6 is 11.6 Å². The number of ether oxygens (including phenoxy) is 2. The Morgan fingerprint density at radius 1 is 1.26 bits per heavy atom. The second-order valence-electron chi connectivity index (χ2n) is 7.81. The zero-order chi connectivity index (χ0) is 18.9. The summed E-state index contributed by atoms with van der Waals surface area (Å²) in [6, 6.07) is 5.26. The van der Waals surface area contributed by atoms with Crippen LogP contribution in [0.1, 0.15) is 48.9 Å². The van der Waals surface area contributed by atoms with Gasteiger partial charge < -0.3 is 20.1 Å². The first-order chi connectivity index (χ1) is 13.0. The van der Waals surface area contributed by atoms with Crippen molar-refractivity contribution in [1.29, 1.82) is 0 Å². The van der Waals surface area contributed by atoms with Crippen LogP contribution in [0.2, 0.25) is 5.02 Å².